The molecule has 5 heteroatoms. The van der Waals surface area contributed by atoms with Crippen LogP contribution >= 0.6 is 0 Å². The lowest BCUT2D eigenvalue weighted by molar-refractivity contribution is 0.478. The van der Waals surface area contributed by atoms with Gasteiger partial charge in [0.25, 0.3) is 10.1 Å². The molecular weight excluding hydrogens is 252 g/mol. The Bertz CT molecular complexity index is 395. The first kappa shape index (κ1) is 15.2. The normalized spacial score (nSPS) is 11.8. The summed E-state index contributed by atoms with van der Waals surface area (Å²) in [5.41, 5.74) is 0. The summed E-state index contributed by atoms with van der Waals surface area (Å²) in [6.07, 6.45) is 9.79. The van der Waals surface area contributed by atoms with E-state index in [0.717, 1.165) is 37.9 Å². The summed E-state index contributed by atoms with van der Waals surface area (Å²) in [6, 6.07) is 3.90. The third-order valence-corrected chi connectivity index (χ3v) is 3.71. The first-order valence-electron chi connectivity index (χ1n) is 6.55. The van der Waals surface area contributed by atoms with Gasteiger partial charge in [-0.15, -0.1) is 0 Å². The summed E-state index contributed by atoms with van der Waals surface area (Å²) in [7, 11) is -3.76. The zero-order valence-corrected chi connectivity index (χ0v) is 11.5. The highest BCUT2D eigenvalue weighted by Gasteiger charge is 2.02. The van der Waals surface area contributed by atoms with E-state index in [0.29, 0.717) is 6.42 Å². The number of hydrogen-bond acceptors (Lipinski definition) is 3. The Labute approximate surface area is 109 Å². The molecule has 0 aliphatic heterocycles. The van der Waals surface area contributed by atoms with Gasteiger partial charge in [0.1, 0.15) is 5.76 Å². The van der Waals surface area contributed by atoms with E-state index in [1.54, 1.807) is 6.26 Å². The fourth-order valence-electron chi connectivity index (χ4n) is 1.92. The number of unbranched alkanes of at least 4 members (excludes halogenated alkanes) is 6. The summed E-state index contributed by atoms with van der Waals surface area (Å²) in [6.45, 7) is 0. The van der Waals surface area contributed by atoms with Gasteiger partial charge in [-0.3, -0.25) is 4.55 Å². The first-order chi connectivity index (χ1) is 8.58. The molecule has 0 unspecified atom stereocenters. The lowest BCUT2D eigenvalue weighted by Gasteiger charge is -2.01. The quantitative estimate of drug-likeness (QED) is 0.524. The topological polar surface area (TPSA) is 67.5 Å². The molecule has 0 aliphatic rings. The van der Waals surface area contributed by atoms with Crippen LogP contribution in [-0.2, 0) is 16.5 Å². The molecule has 1 N–H and O–H groups in total. The molecule has 0 amide bonds. The molecule has 0 fully saturated rings. The van der Waals surface area contributed by atoms with Crippen molar-refractivity contribution in [2.24, 2.45) is 0 Å². The van der Waals surface area contributed by atoms with E-state index >= 15 is 0 Å². The first-order valence-corrected chi connectivity index (χ1v) is 8.16. The molecular formula is C13H22O4S. The summed E-state index contributed by atoms with van der Waals surface area (Å²) in [4.78, 5) is 0. The fourth-order valence-corrected chi connectivity index (χ4v) is 2.49. The SMILES string of the molecule is O=S(=O)(O)CCCCCCCCCc1ccco1. The van der Waals surface area contributed by atoms with Crippen molar-refractivity contribution in [2.45, 2.75) is 51.4 Å². The van der Waals surface area contributed by atoms with Crippen LogP contribution in [0.25, 0.3) is 0 Å². The Morgan fingerprint density at radius 2 is 1.61 bits per heavy atom. The van der Waals surface area contributed by atoms with Crippen molar-refractivity contribution in [2.75, 3.05) is 5.75 Å². The van der Waals surface area contributed by atoms with Gasteiger partial charge in [-0.2, -0.15) is 8.42 Å². The number of hydrogen-bond donors (Lipinski definition) is 1. The molecule has 0 bridgehead atoms. The van der Waals surface area contributed by atoms with E-state index in [4.69, 9.17) is 8.97 Å². The summed E-state index contributed by atoms with van der Waals surface area (Å²) < 4.78 is 34.7. The number of aryl methyl sites for hydroxylation is 1. The Balaban J connectivity index is 1.84. The molecule has 0 radical (unpaired) electrons. The Morgan fingerprint density at radius 3 is 2.17 bits per heavy atom. The standard InChI is InChI=1S/C13H22O4S/c14-18(15,16)12-7-5-3-1-2-4-6-9-13-10-8-11-17-13/h8,10-11H,1-7,9,12H2,(H,14,15,16). The minimum Gasteiger partial charge on any atom is -0.469 e. The highest BCUT2D eigenvalue weighted by atomic mass is 32.2. The van der Waals surface area contributed by atoms with Crippen LogP contribution in [0, 0.1) is 0 Å². The summed E-state index contributed by atoms with van der Waals surface area (Å²) >= 11 is 0. The van der Waals surface area contributed by atoms with Gasteiger partial charge in [0.05, 0.1) is 12.0 Å². The summed E-state index contributed by atoms with van der Waals surface area (Å²) in [5, 5.41) is 0. The smallest absolute Gasteiger partial charge is 0.264 e. The van der Waals surface area contributed by atoms with Gasteiger partial charge in [-0.25, -0.2) is 0 Å². The minimum atomic E-state index is -3.76. The molecule has 0 spiro atoms. The Morgan fingerprint density at radius 1 is 1.00 bits per heavy atom. The van der Waals surface area contributed by atoms with Crippen LogP contribution < -0.4 is 0 Å². The zero-order valence-electron chi connectivity index (χ0n) is 10.7. The van der Waals surface area contributed by atoms with Gasteiger partial charge in [0.15, 0.2) is 0 Å². The maximum atomic E-state index is 10.5. The molecule has 1 aromatic heterocycles. The van der Waals surface area contributed by atoms with Crippen molar-refractivity contribution in [1.29, 1.82) is 0 Å². The number of rotatable bonds is 10. The molecule has 4 nitrogen and oxygen atoms in total. The third-order valence-electron chi connectivity index (χ3n) is 2.91. The highest BCUT2D eigenvalue weighted by Crippen LogP contribution is 2.11. The minimum absolute atomic E-state index is 0.106. The van der Waals surface area contributed by atoms with Crippen LogP contribution in [-0.4, -0.2) is 18.7 Å². The predicted molar refractivity (Wildman–Crippen MR) is 71.1 cm³/mol. The van der Waals surface area contributed by atoms with Gasteiger partial charge in [-0.05, 0) is 25.0 Å². The van der Waals surface area contributed by atoms with Crippen molar-refractivity contribution >= 4 is 10.1 Å². The molecule has 1 rings (SSSR count). The molecule has 0 atom stereocenters. The van der Waals surface area contributed by atoms with Gasteiger partial charge in [0.2, 0.25) is 0 Å². The molecule has 1 aromatic rings. The average Bonchev–Trinajstić information content (AvgIpc) is 2.78. The van der Waals surface area contributed by atoms with Gasteiger partial charge in [0, 0.05) is 6.42 Å². The van der Waals surface area contributed by atoms with E-state index in [9.17, 15) is 8.42 Å². The second-order valence-electron chi connectivity index (χ2n) is 4.59. The van der Waals surface area contributed by atoms with Crippen LogP contribution in [0.1, 0.15) is 50.7 Å². The van der Waals surface area contributed by atoms with E-state index in [1.807, 2.05) is 12.1 Å². The van der Waals surface area contributed by atoms with Crippen molar-refractivity contribution < 1.29 is 17.4 Å². The van der Waals surface area contributed by atoms with Crippen molar-refractivity contribution in [3.63, 3.8) is 0 Å². The zero-order chi connectivity index (χ0) is 13.3. The Hall–Kier alpha value is -0.810. The fraction of sp³-hybridized carbons (Fsp3) is 0.692. The van der Waals surface area contributed by atoms with Crippen LogP contribution in [0.2, 0.25) is 0 Å². The molecule has 0 aromatic carbocycles. The lowest BCUT2D eigenvalue weighted by atomic mass is 10.1. The van der Waals surface area contributed by atoms with Crippen molar-refractivity contribution in [1.82, 2.24) is 0 Å². The molecule has 104 valence electrons. The number of furan rings is 1. The lowest BCUT2D eigenvalue weighted by Crippen LogP contribution is -2.03. The highest BCUT2D eigenvalue weighted by molar-refractivity contribution is 7.85. The van der Waals surface area contributed by atoms with E-state index in [1.165, 1.54) is 12.8 Å². The average molecular weight is 274 g/mol. The monoisotopic (exact) mass is 274 g/mol. The molecule has 1 heterocycles. The van der Waals surface area contributed by atoms with Crippen LogP contribution in [0.4, 0.5) is 0 Å². The maximum absolute atomic E-state index is 10.5. The van der Waals surface area contributed by atoms with Gasteiger partial charge >= 0.3 is 0 Å². The Kier molecular flexibility index (Phi) is 7.05. The molecule has 0 aliphatic carbocycles. The predicted octanol–water partition coefficient (Wildman–Crippen LogP) is 3.44. The maximum Gasteiger partial charge on any atom is 0.264 e. The van der Waals surface area contributed by atoms with E-state index in [-0.39, 0.29) is 5.75 Å². The van der Waals surface area contributed by atoms with Crippen LogP contribution in [0.5, 0.6) is 0 Å². The largest absolute Gasteiger partial charge is 0.469 e. The van der Waals surface area contributed by atoms with Crippen molar-refractivity contribution in [3.05, 3.63) is 24.2 Å². The van der Waals surface area contributed by atoms with Crippen molar-refractivity contribution in [3.8, 4) is 0 Å². The summed E-state index contributed by atoms with van der Waals surface area (Å²) in [5.74, 6) is 0.939. The van der Waals surface area contributed by atoms with Gasteiger partial charge < -0.3 is 4.42 Å². The third kappa shape index (κ3) is 8.31. The second kappa shape index (κ2) is 8.32. The van der Waals surface area contributed by atoms with Crippen LogP contribution in [0.3, 0.4) is 0 Å². The molecule has 0 saturated heterocycles. The molecule has 0 saturated carbocycles. The molecule has 18 heavy (non-hydrogen) atoms. The van der Waals surface area contributed by atoms with Crippen LogP contribution in [0.15, 0.2) is 22.8 Å². The van der Waals surface area contributed by atoms with E-state index in [2.05, 4.69) is 0 Å². The van der Waals surface area contributed by atoms with E-state index < -0.39 is 10.1 Å². The van der Waals surface area contributed by atoms with Gasteiger partial charge in [-0.1, -0.05) is 32.1 Å². The second-order valence-corrected chi connectivity index (χ2v) is 6.16.